The van der Waals surface area contributed by atoms with Gasteiger partial charge in [0.2, 0.25) is 0 Å². The van der Waals surface area contributed by atoms with Crippen LogP contribution in [0.25, 0.3) is 11.0 Å². The van der Waals surface area contributed by atoms with Crippen LogP contribution in [0.5, 0.6) is 5.75 Å². The molecule has 0 unspecified atom stereocenters. The first-order valence-corrected chi connectivity index (χ1v) is 10.0. The van der Waals surface area contributed by atoms with E-state index < -0.39 is 29.6 Å². The van der Waals surface area contributed by atoms with Crippen LogP contribution in [0.4, 0.5) is 0 Å². The van der Waals surface area contributed by atoms with E-state index >= 15 is 0 Å². The molecule has 29 heavy (non-hydrogen) atoms. The number of carboxylic acid groups (broad SMARTS) is 1. The van der Waals surface area contributed by atoms with E-state index in [4.69, 9.17) is 9.15 Å². The zero-order chi connectivity index (χ0) is 21.6. The highest BCUT2D eigenvalue weighted by Gasteiger charge is 2.24. The summed E-state index contributed by atoms with van der Waals surface area (Å²) in [5, 5.41) is 12.6. The number of carbonyl (C=O) groups excluding carboxylic acids is 1. The summed E-state index contributed by atoms with van der Waals surface area (Å²) < 4.78 is 11.2. The molecular formula is C22H29NO6. The number of aryl methyl sites for hydroxylation is 2. The third-order valence-corrected chi connectivity index (χ3v) is 4.86. The summed E-state index contributed by atoms with van der Waals surface area (Å²) in [6, 6.07) is 4.15. The van der Waals surface area contributed by atoms with Crippen molar-refractivity contribution in [2.45, 2.75) is 71.9 Å². The number of amides is 1. The molecule has 0 aliphatic carbocycles. The van der Waals surface area contributed by atoms with E-state index in [-0.39, 0.29) is 0 Å². The summed E-state index contributed by atoms with van der Waals surface area (Å²) in [5.41, 5.74) is 1.59. The molecule has 2 rings (SSSR count). The summed E-state index contributed by atoms with van der Waals surface area (Å²) in [4.78, 5) is 35.6. The zero-order valence-corrected chi connectivity index (χ0v) is 17.4. The Morgan fingerprint density at radius 3 is 2.59 bits per heavy atom. The number of carbonyl (C=O) groups is 2. The number of unbranched alkanes of at least 4 members (excludes halogenated alkanes) is 1. The lowest BCUT2D eigenvalue weighted by atomic mass is 10.0. The second kappa shape index (κ2) is 10.1. The highest BCUT2D eigenvalue weighted by molar-refractivity contribution is 5.87. The lowest BCUT2D eigenvalue weighted by Gasteiger charge is -2.20. The Morgan fingerprint density at radius 1 is 1.24 bits per heavy atom. The van der Waals surface area contributed by atoms with Crippen LogP contribution in [0.3, 0.4) is 0 Å². The van der Waals surface area contributed by atoms with Gasteiger partial charge in [-0.2, -0.15) is 0 Å². The molecular weight excluding hydrogens is 374 g/mol. The van der Waals surface area contributed by atoms with E-state index in [1.165, 1.54) is 6.07 Å². The zero-order valence-electron chi connectivity index (χ0n) is 17.4. The molecule has 2 atom stereocenters. The van der Waals surface area contributed by atoms with Crippen molar-refractivity contribution < 1.29 is 23.8 Å². The third kappa shape index (κ3) is 5.59. The molecule has 0 radical (unpaired) electrons. The maximum Gasteiger partial charge on any atom is 0.336 e. The summed E-state index contributed by atoms with van der Waals surface area (Å²) >= 11 is 0. The predicted octanol–water partition coefficient (Wildman–Crippen LogP) is 3.58. The molecule has 0 spiro atoms. The fraction of sp³-hybridized carbons (Fsp3) is 0.500. The molecule has 1 aromatic carbocycles. The van der Waals surface area contributed by atoms with E-state index in [2.05, 4.69) is 12.2 Å². The molecule has 1 heterocycles. The second-order valence-corrected chi connectivity index (χ2v) is 7.21. The average Bonchev–Trinajstić information content (AvgIpc) is 2.67. The van der Waals surface area contributed by atoms with E-state index in [0.717, 1.165) is 30.2 Å². The van der Waals surface area contributed by atoms with Gasteiger partial charge in [-0.1, -0.05) is 26.7 Å². The van der Waals surface area contributed by atoms with Crippen molar-refractivity contribution in [3.05, 3.63) is 39.7 Å². The Hall–Kier alpha value is -2.83. The van der Waals surface area contributed by atoms with Gasteiger partial charge < -0.3 is 19.6 Å². The fourth-order valence-electron chi connectivity index (χ4n) is 3.19. The SMILES string of the molecule is CCCCc1cc(=O)oc2c(C)c(O[C@H](C)C(=O)N[C@H](CCC)C(=O)O)ccc12. The Kier molecular flexibility index (Phi) is 7.82. The number of fused-ring (bicyclic) bond motifs is 1. The number of rotatable bonds is 10. The van der Waals surface area contributed by atoms with Gasteiger partial charge in [-0.25, -0.2) is 9.59 Å². The Balaban J connectivity index is 2.25. The van der Waals surface area contributed by atoms with E-state index in [9.17, 15) is 19.5 Å². The van der Waals surface area contributed by atoms with Crippen LogP contribution in [0.2, 0.25) is 0 Å². The minimum Gasteiger partial charge on any atom is -0.480 e. The summed E-state index contributed by atoms with van der Waals surface area (Å²) in [5.74, 6) is -1.17. The molecule has 7 nitrogen and oxygen atoms in total. The van der Waals surface area contributed by atoms with Gasteiger partial charge in [-0.3, -0.25) is 4.79 Å². The molecule has 0 aliphatic rings. The first-order valence-electron chi connectivity index (χ1n) is 10.0. The maximum absolute atomic E-state index is 12.4. The number of nitrogens with one attached hydrogen (secondary N) is 1. The first kappa shape index (κ1) is 22.5. The minimum absolute atomic E-state index is 0.342. The number of ether oxygens (including phenoxy) is 1. The van der Waals surface area contributed by atoms with Gasteiger partial charge in [-0.05, 0) is 50.8 Å². The van der Waals surface area contributed by atoms with Crippen LogP contribution < -0.4 is 15.7 Å². The van der Waals surface area contributed by atoms with Crippen molar-refractivity contribution in [1.82, 2.24) is 5.32 Å². The standard InChI is InChI=1S/C22H29NO6/c1-5-7-9-15-12-19(24)29-20-13(3)18(11-10-16(15)20)28-14(4)21(25)23-17(8-6-2)22(26)27/h10-12,14,17H,5-9H2,1-4H3,(H,23,25)(H,26,27)/t14-,17-/m1/s1. The minimum atomic E-state index is -1.07. The van der Waals surface area contributed by atoms with E-state index in [0.29, 0.717) is 29.7 Å². The van der Waals surface area contributed by atoms with Crippen LogP contribution in [-0.2, 0) is 16.0 Å². The number of hydrogen-bond acceptors (Lipinski definition) is 5. The lowest BCUT2D eigenvalue weighted by molar-refractivity contribution is -0.143. The van der Waals surface area contributed by atoms with Gasteiger partial charge in [0.15, 0.2) is 6.10 Å². The van der Waals surface area contributed by atoms with Gasteiger partial charge in [0.1, 0.15) is 17.4 Å². The largest absolute Gasteiger partial charge is 0.480 e. The van der Waals surface area contributed by atoms with Crippen LogP contribution in [0.1, 0.15) is 57.6 Å². The molecule has 0 bridgehead atoms. The highest BCUT2D eigenvalue weighted by atomic mass is 16.5. The van der Waals surface area contributed by atoms with Crippen LogP contribution in [-0.4, -0.2) is 29.1 Å². The number of aliphatic carboxylic acids is 1. The molecule has 2 N–H and O–H groups in total. The lowest BCUT2D eigenvalue weighted by Crippen LogP contribution is -2.46. The predicted molar refractivity (Wildman–Crippen MR) is 110 cm³/mol. The van der Waals surface area contributed by atoms with E-state index in [1.807, 2.05) is 13.0 Å². The average molecular weight is 403 g/mol. The van der Waals surface area contributed by atoms with Crippen LogP contribution >= 0.6 is 0 Å². The van der Waals surface area contributed by atoms with Crippen molar-refractivity contribution in [3.63, 3.8) is 0 Å². The molecule has 0 aliphatic heterocycles. The van der Waals surface area contributed by atoms with Gasteiger partial charge in [0.05, 0.1) is 0 Å². The second-order valence-electron chi connectivity index (χ2n) is 7.21. The summed E-state index contributed by atoms with van der Waals surface area (Å²) in [6.45, 7) is 7.26. The normalized spacial score (nSPS) is 13.1. The van der Waals surface area contributed by atoms with E-state index in [1.54, 1.807) is 19.9 Å². The van der Waals surface area contributed by atoms with Crippen LogP contribution in [0.15, 0.2) is 27.4 Å². The molecule has 1 amide bonds. The first-order chi connectivity index (χ1) is 13.8. The Labute approximate surface area is 170 Å². The number of benzene rings is 1. The third-order valence-electron chi connectivity index (χ3n) is 4.86. The maximum atomic E-state index is 12.4. The van der Waals surface area contributed by atoms with Crippen molar-refractivity contribution in [2.24, 2.45) is 0 Å². The van der Waals surface area contributed by atoms with Gasteiger partial charge in [0.25, 0.3) is 5.91 Å². The molecule has 7 heteroatoms. The van der Waals surface area contributed by atoms with Gasteiger partial charge in [-0.15, -0.1) is 0 Å². The molecule has 1 aromatic heterocycles. The Bertz CT molecular complexity index is 933. The highest BCUT2D eigenvalue weighted by Crippen LogP contribution is 2.29. The molecule has 0 saturated carbocycles. The topological polar surface area (TPSA) is 106 Å². The summed E-state index contributed by atoms with van der Waals surface area (Å²) in [6.07, 6.45) is 2.84. The van der Waals surface area contributed by atoms with Crippen molar-refractivity contribution in [1.29, 1.82) is 0 Å². The van der Waals surface area contributed by atoms with Crippen molar-refractivity contribution in [2.75, 3.05) is 0 Å². The van der Waals surface area contributed by atoms with Gasteiger partial charge in [0, 0.05) is 17.0 Å². The fourth-order valence-corrected chi connectivity index (χ4v) is 3.19. The molecule has 2 aromatic rings. The summed E-state index contributed by atoms with van der Waals surface area (Å²) in [7, 11) is 0. The molecule has 158 valence electrons. The van der Waals surface area contributed by atoms with Crippen molar-refractivity contribution >= 4 is 22.8 Å². The monoisotopic (exact) mass is 403 g/mol. The molecule has 0 saturated heterocycles. The quantitative estimate of drug-likeness (QED) is 0.588. The molecule has 0 fully saturated rings. The van der Waals surface area contributed by atoms with Gasteiger partial charge >= 0.3 is 11.6 Å². The van der Waals surface area contributed by atoms with Crippen molar-refractivity contribution in [3.8, 4) is 5.75 Å². The smallest absolute Gasteiger partial charge is 0.336 e. The Morgan fingerprint density at radius 2 is 1.97 bits per heavy atom. The number of hydrogen-bond donors (Lipinski definition) is 2. The van der Waals surface area contributed by atoms with Crippen LogP contribution in [0, 0.1) is 6.92 Å². The number of carboxylic acids is 1.